The van der Waals surface area contributed by atoms with E-state index in [0.29, 0.717) is 13.0 Å². The summed E-state index contributed by atoms with van der Waals surface area (Å²) in [5.41, 5.74) is 9.02. The predicted octanol–water partition coefficient (Wildman–Crippen LogP) is -1.99. The van der Waals surface area contributed by atoms with Crippen molar-refractivity contribution in [2.24, 2.45) is 5.73 Å². The standard InChI is InChI=1S/C12H21N5O2/c1-7-5-17-10(11(18)14-7)4-9(15-17)12(19)16-3-2-8(13)6-16/h7-10,15H,2-6,13H2,1H3,(H,14,18). The number of nitrogens with zero attached hydrogens (tertiary/aromatic N) is 2. The first-order valence-corrected chi connectivity index (χ1v) is 6.92. The third kappa shape index (κ3) is 2.33. The number of nitrogens with one attached hydrogen (secondary N) is 2. The minimum absolute atomic E-state index is 0.0136. The smallest absolute Gasteiger partial charge is 0.241 e. The van der Waals surface area contributed by atoms with E-state index in [1.165, 1.54) is 0 Å². The summed E-state index contributed by atoms with van der Waals surface area (Å²) in [4.78, 5) is 26.1. The first-order chi connectivity index (χ1) is 9.04. The largest absolute Gasteiger partial charge is 0.351 e. The molecule has 0 radical (unpaired) electrons. The molecular formula is C12H21N5O2. The van der Waals surface area contributed by atoms with Gasteiger partial charge in [-0.05, 0) is 19.8 Å². The Morgan fingerprint density at radius 3 is 2.89 bits per heavy atom. The zero-order valence-corrected chi connectivity index (χ0v) is 11.1. The molecule has 0 aliphatic carbocycles. The molecule has 3 fully saturated rings. The topological polar surface area (TPSA) is 90.7 Å². The number of hydrogen-bond donors (Lipinski definition) is 3. The summed E-state index contributed by atoms with van der Waals surface area (Å²) < 4.78 is 0. The van der Waals surface area contributed by atoms with Gasteiger partial charge in [-0.1, -0.05) is 0 Å². The van der Waals surface area contributed by atoms with Crippen LogP contribution in [0.15, 0.2) is 0 Å². The van der Waals surface area contributed by atoms with Crippen LogP contribution in [-0.2, 0) is 9.59 Å². The summed E-state index contributed by atoms with van der Waals surface area (Å²) >= 11 is 0. The molecule has 0 bridgehead atoms. The van der Waals surface area contributed by atoms with Crippen LogP contribution in [0.5, 0.6) is 0 Å². The van der Waals surface area contributed by atoms with Crippen LogP contribution in [0.3, 0.4) is 0 Å². The Bertz CT molecular complexity index is 402. The van der Waals surface area contributed by atoms with E-state index in [1.54, 1.807) is 0 Å². The van der Waals surface area contributed by atoms with Crippen molar-refractivity contribution < 1.29 is 9.59 Å². The maximum Gasteiger partial charge on any atom is 0.241 e. The Balaban J connectivity index is 1.65. The molecule has 3 heterocycles. The van der Waals surface area contributed by atoms with Crippen LogP contribution in [0.25, 0.3) is 0 Å². The number of piperazine rings is 1. The van der Waals surface area contributed by atoms with E-state index in [0.717, 1.165) is 19.5 Å². The Kier molecular flexibility index (Phi) is 3.20. The maximum absolute atomic E-state index is 12.4. The van der Waals surface area contributed by atoms with Crippen molar-refractivity contribution in [3.05, 3.63) is 0 Å². The van der Waals surface area contributed by atoms with Crippen LogP contribution in [0.2, 0.25) is 0 Å². The maximum atomic E-state index is 12.4. The summed E-state index contributed by atoms with van der Waals surface area (Å²) in [7, 11) is 0. The van der Waals surface area contributed by atoms with Crippen LogP contribution in [0.1, 0.15) is 19.8 Å². The van der Waals surface area contributed by atoms with Gasteiger partial charge >= 0.3 is 0 Å². The molecule has 0 saturated carbocycles. The van der Waals surface area contributed by atoms with Crippen LogP contribution in [-0.4, -0.2) is 65.5 Å². The lowest BCUT2D eigenvalue weighted by molar-refractivity contribution is -0.133. The number of amides is 2. The molecule has 0 aromatic carbocycles. The number of carbonyl (C=O) groups excluding carboxylic acids is 2. The molecule has 2 amide bonds. The van der Waals surface area contributed by atoms with Gasteiger partial charge in [-0.2, -0.15) is 0 Å². The van der Waals surface area contributed by atoms with E-state index in [4.69, 9.17) is 5.73 Å². The van der Waals surface area contributed by atoms with E-state index < -0.39 is 0 Å². The molecular weight excluding hydrogens is 246 g/mol. The predicted molar refractivity (Wildman–Crippen MR) is 68.8 cm³/mol. The number of fused-ring (bicyclic) bond motifs is 1. The highest BCUT2D eigenvalue weighted by Crippen LogP contribution is 2.21. The van der Waals surface area contributed by atoms with Crippen molar-refractivity contribution in [1.82, 2.24) is 20.7 Å². The van der Waals surface area contributed by atoms with Gasteiger partial charge in [0.1, 0.15) is 12.1 Å². The third-order valence-corrected chi connectivity index (χ3v) is 4.15. The molecule has 3 aliphatic rings. The molecule has 0 spiro atoms. The Morgan fingerprint density at radius 1 is 1.42 bits per heavy atom. The van der Waals surface area contributed by atoms with Crippen molar-refractivity contribution in [2.45, 2.75) is 43.9 Å². The fourth-order valence-electron chi connectivity index (χ4n) is 3.17. The van der Waals surface area contributed by atoms with Gasteiger partial charge in [0.25, 0.3) is 0 Å². The molecule has 0 aromatic heterocycles. The second-order valence-electron chi connectivity index (χ2n) is 5.83. The minimum atomic E-state index is -0.286. The minimum Gasteiger partial charge on any atom is -0.351 e. The number of nitrogens with two attached hydrogens (primary N) is 1. The summed E-state index contributed by atoms with van der Waals surface area (Å²) in [6, 6.07) is -0.297. The first kappa shape index (κ1) is 12.8. The molecule has 19 heavy (non-hydrogen) atoms. The van der Waals surface area contributed by atoms with E-state index in [1.807, 2.05) is 16.8 Å². The summed E-state index contributed by atoms with van der Waals surface area (Å²) in [5.74, 6) is 0.0856. The van der Waals surface area contributed by atoms with Crippen molar-refractivity contribution in [2.75, 3.05) is 19.6 Å². The van der Waals surface area contributed by atoms with Gasteiger partial charge < -0.3 is 16.0 Å². The normalized spacial score (nSPS) is 39.3. The van der Waals surface area contributed by atoms with Crippen LogP contribution < -0.4 is 16.5 Å². The zero-order valence-electron chi connectivity index (χ0n) is 11.1. The summed E-state index contributed by atoms with van der Waals surface area (Å²) in [6.45, 7) is 4.06. The van der Waals surface area contributed by atoms with Gasteiger partial charge in [0.05, 0.1) is 0 Å². The van der Waals surface area contributed by atoms with Gasteiger partial charge in [-0.15, -0.1) is 0 Å². The van der Waals surface area contributed by atoms with Crippen molar-refractivity contribution >= 4 is 11.8 Å². The van der Waals surface area contributed by atoms with E-state index in [-0.39, 0.29) is 36.0 Å². The van der Waals surface area contributed by atoms with Gasteiger partial charge in [0.15, 0.2) is 0 Å². The second-order valence-corrected chi connectivity index (χ2v) is 5.83. The second kappa shape index (κ2) is 4.73. The molecule has 0 aromatic rings. The SMILES string of the molecule is CC1CN2NC(C(=O)N3CCC(N)C3)CC2C(=O)N1. The van der Waals surface area contributed by atoms with Crippen LogP contribution in [0, 0.1) is 0 Å². The fraction of sp³-hybridized carbons (Fsp3) is 0.833. The average Bonchev–Trinajstić information content (AvgIpc) is 2.94. The number of hydrogen-bond acceptors (Lipinski definition) is 5. The van der Waals surface area contributed by atoms with Crippen LogP contribution >= 0.6 is 0 Å². The molecule has 106 valence electrons. The highest BCUT2D eigenvalue weighted by Gasteiger charge is 2.44. The van der Waals surface area contributed by atoms with Crippen LogP contribution in [0.4, 0.5) is 0 Å². The van der Waals surface area contributed by atoms with Crippen molar-refractivity contribution in [3.8, 4) is 0 Å². The zero-order chi connectivity index (χ0) is 13.6. The molecule has 7 heteroatoms. The van der Waals surface area contributed by atoms with Crippen molar-refractivity contribution in [3.63, 3.8) is 0 Å². The molecule has 7 nitrogen and oxygen atoms in total. The van der Waals surface area contributed by atoms with Crippen molar-refractivity contribution in [1.29, 1.82) is 0 Å². The lowest BCUT2D eigenvalue weighted by Crippen LogP contribution is -2.59. The average molecular weight is 267 g/mol. The monoisotopic (exact) mass is 267 g/mol. The molecule has 3 rings (SSSR count). The molecule has 3 saturated heterocycles. The van der Waals surface area contributed by atoms with E-state index in [9.17, 15) is 9.59 Å². The Labute approximate surface area is 112 Å². The number of likely N-dealkylation sites (tertiary alicyclic amines) is 1. The van der Waals surface area contributed by atoms with E-state index >= 15 is 0 Å². The van der Waals surface area contributed by atoms with Gasteiger partial charge in [-0.3, -0.25) is 9.59 Å². The number of rotatable bonds is 1. The lowest BCUT2D eigenvalue weighted by atomic mass is 10.1. The molecule has 4 atom stereocenters. The molecule has 4 N–H and O–H groups in total. The third-order valence-electron chi connectivity index (χ3n) is 4.15. The molecule has 3 aliphatic heterocycles. The quantitative estimate of drug-likeness (QED) is 0.512. The number of carbonyl (C=O) groups is 2. The van der Waals surface area contributed by atoms with E-state index in [2.05, 4.69) is 10.7 Å². The lowest BCUT2D eigenvalue weighted by Gasteiger charge is -2.32. The number of hydrazine groups is 1. The summed E-state index contributed by atoms with van der Waals surface area (Å²) in [6.07, 6.45) is 1.41. The molecule has 4 unspecified atom stereocenters. The highest BCUT2D eigenvalue weighted by atomic mass is 16.2. The first-order valence-electron chi connectivity index (χ1n) is 6.92. The van der Waals surface area contributed by atoms with Gasteiger partial charge in [0, 0.05) is 31.7 Å². The van der Waals surface area contributed by atoms with Gasteiger partial charge in [0.2, 0.25) is 11.8 Å². The van der Waals surface area contributed by atoms with Gasteiger partial charge in [-0.25, -0.2) is 10.4 Å². The Morgan fingerprint density at radius 2 is 2.21 bits per heavy atom. The highest BCUT2D eigenvalue weighted by molar-refractivity contribution is 5.87. The summed E-state index contributed by atoms with van der Waals surface area (Å²) in [5, 5.41) is 4.83. The Hall–Kier alpha value is -1.18. The fourth-order valence-corrected chi connectivity index (χ4v) is 3.17.